The summed E-state index contributed by atoms with van der Waals surface area (Å²) in [6.45, 7) is 0. The van der Waals surface area contributed by atoms with Crippen LogP contribution in [-0.2, 0) is 20.2 Å². The lowest BCUT2D eigenvalue weighted by atomic mass is 10.1. The number of fused-ring (bicyclic) bond motifs is 1. The molecule has 3 aromatic carbocycles. The first-order chi connectivity index (χ1) is 15.1. The molecule has 0 aliphatic carbocycles. The van der Waals surface area contributed by atoms with Crippen molar-refractivity contribution in [1.82, 2.24) is 0 Å². The van der Waals surface area contributed by atoms with Crippen molar-refractivity contribution < 1.29 is 41.1 Å². The number of nitrogens with zero attached hydrogens (tertiary/aromatic N) is 3. The number of phenols is 2. The number of azo groups is 1. The predicted octanol–water partition coefficient (Wildman–Crippen LogP) is 3.30. The van der Waals surface area contributed by atoms with Crippen LogP contribution in [0.5, 0.6) is 11.5 Å². The molecule has 0 saturated heterocycles. The molecule has 0 aromatic heterocycles. The summed E-state index contributed by atoms with van der Waals surface area (Å²) in [4.78, 5) is 8.44. The van der Waals surface area contributed by atoms with E-state index in [0.717, 1.165) is 18.2 Å². The van der Waals surface area contributed by atoms with Gasteiger partial charge >= 0.3 is 5.69 Å². The summed E-state index contributed by atoms with van der Waals surface area (Å²) in [5.74, 6) is -1.74. The molecular weight excluding hydrogens is 508 g/mol. The molecule has 0 atom stereocenters. The number of benzene rings is 3. The van der Waals surface area contributed by atoms with E-state index in [1.54, 1.807) is 0 Å². The monoisotopic (exact) mass is 518 g/mol. The van der Waals surface area contributed by atoms with Gasteiger partial charge in [-0.05, 0) is 29.7 Å². The molecule has 14 nitrogen and oxygen atoms in total. The average Bonchev–Trinajstić information content (AvgIpc) is 2.67. The quantitative estimate of drug-likeness (QED) is 0.108. The summed E-state index contributed by atoms with van der Waals surface area (Å²) < 4.78 is 65.4. The fourth-order valence-corrected chi connectivity index (χ4v) is 4.21. The van der Waals surface area contributed by atoms with Crippen LogP contribution in [0.15, 0.2) is 50.4 Å². The maximum Gasteiger partial charge on any atom is 0.339 e. The highest BCUT2D eigenvalue weighted by Crippen LogP contribution is 2.45. The second kappa shape index (κ2) is 8.09. The van der Waals surface area contributed by atoms with Crippen molar-refractivity contribution in [3.05, 3.63) is 45.5 Å². The van der Waals surface area contributed by atoms with E-state index in [4.69, 9.17) is 17.3 Å². The third-order valence-corrected chi connectivity index (χ3v) is 6.27. The lowest BCUT2D eigenvalue weighted by Crippen LogP contribution is -2.03. The van der Waals surface area contributed by atoms with E-state index in [-0.39, 0.29) is 15.8 Å². The van der Waals surface area contributed by atoms with Gasteiger partial charge < -0.3 is 15.9 Å². The van der Waals surface area contributed by atoms with Crippen molar-refractivity contribution in [1.29, 1.82) is 0 Å². The van der Waals surface area contributed by atoms with E-state index < -0.39 is 69.2 Å². The number of hydrogen-bond acceptors (Lipinski definition) is 11. The Kier molecular flexibility index (Phi) is 5.90. The molecule has 0 spiro atoms. The number of nitro benzene ring substituents is 1. The first kappa shape index (κ1) is 24.1. The predicted molar refractivity (Wildman–Crippen MR) is 114 cm³/mol. The van der Waals surface area contributed by atoms with Crippen LogP contribution in [0.3, 0.4) is 0 Å². The number of nitrogens with two attached hydrogens (primary N) is 1. The fraction of sp³-hybridized carbons (Fsp3) is 0. The van der Waals surface area contributed by atoms with Crippen LogP contribution in [0.2, 0.25) is 5.02 Å². The summed E-state index contributed by atoms with van der Waals surface area (Å²) in [7, 11) is -9.89. The molecular formula is C16H11ClN4O10S2. The van der Waals surface area contributed by atoms with Gasteiger partial charge in [0.2, 0.25) is 5.75 Å². The van der Waals surface area contributed by atoms with Crippen LogP contribution in [-0.4, -0.2) is 41.1 Å². The Morgan fingerprint density at radius 3 is 2.18 bits per heavy atom. The Hall–Kier alpha value is -3.57. The molecule has 3 rings (SSSR count). The standard InChI is InChI=1S/C16H11ClN4O10S2/c17-8-1-2-9(15(16(8)23)21(24)25)19-20-14-11(33(29,30)31)4-6-3-7(32(26,27)28)5-10(22)12(6)13(14)18/h1-5,22-23H,18H2,(H,26,27,28)(H,29,30,31). The number of phenolic OH excluding ortho intramolecular Hbond substituents is 2. The topological polar surface area (TPSA) is 243 Å². The molecule has 0 bridgehead atoms. The zero-order valence-electron chi connectivity index (χ0n) is 15.7. The fourth-order valence-electron chi connectivity index (χ4n) is 2.85. The Morgan fingerprint density at radius 2 is 1.64 bits per heavy atom. The van der Waals surface area contributed by atoms with Gasteiger partial charge in [0, 0.05) is 11.5 Å². The van der Waals surface area contributed by atoms with Crippen molar-refractivity contribution in [2.24, 2.45) is 10.2 Å². The first-order valence-electron chi connectivity index (χ1n) is 8.24. The number of nitrogen functional groups attached to an aromatic ring is 1. The number of halogens is 1. The molecule has 0 fully saturated rings. The summed E-state index contributed by atoms with van der Waals surface area (Å²) in [5.41, 5.74) is 3.00. The van der Waals surface area contributed by atoms with Crippen molar-refractivity contribution in [2.75, 3.05) is 5.73 Å². The van der Waals surface area contributed by atoms with E-state index in [1.165, 1.54) is 0 Å². The van der Waals surface area contributed by atoms with Gasteiger partial charge in [-0.2, -0.15) is 16.8 Å². The van der Waals surface area contributed by atoms with Crippen LogP contribution >= 0.6 is 11.6 Å². The summed E-state index contributed by atoms with van der Waals surface area (Å²) in [6, 6.07) is 4.14. The number of anilines is 1. The molecule has 6 N–H and O–H groups in total. The van der Waals surface area contributed by atoms with Gasteiger partial charge in [-0.15, -0.1) is 10.2 Å². The van der Waals surface area contributed by atoms with Gasteiger partial charge in [0.1, 0.15) is 16.3 Å². The van der Waals surface area contributed by atoms with Crippen molar-refractivity contribution in [3.8, 4) is 11.5 Å². The highest BCUT2D eigenvalue weighted by Gasteiger charge is 2.26. The number of hydrogen-bond donors (Lipinski definition) is 5. The first-order valence-corrected chi connectivity index (χ1v) is 11.5. The van der Waals surface area contributed by atoms with Crippen LogP contribution in [0.4, 0.5) is 22.7 Å². The molecule has 0 aliphatic rings. The third kappa shape index (κ3) is 4.50. The molecule has 3 aromatic rings. The van der Waals surface area contributed by atoms with Crippen molar-refractivity contribution >= 4 is 65.4 Å². The average molecular weight is 519 g/mol. The molecule has 0 heterocycles. The van der Waals surface area contributed by atoms with Crippen LogP contribution in [0, 0.1) is 10.1 Å². The Labute approximate surface area is 189 Å². The Balaban J connectivity index is 2.37. The maximum atomic E-state index is 11.9. The van der Waals surface area contributed by atoms with E-state index in [9.17, 15) is 46.3 Å². The van der Waals surface area contributed by atoms with Crippen molar-refractivity contribution in [3.63, 3.8) is 0 Å². The van der Waals surface area contributed by atoms with Crippen LogP contribution in [0.25, 0.3) is 10.8 Å². The zero-order chi connectivity index (χ0) is 24.9. The lowest BCUT2D eigenvalue weighted by Gasteiger charge is -2.12. The van der Waals surface area contributed by atoms with Gasteiger partial charge in [0.15, 0.2) is 5.69 Å². The summed E-state index contributed by atoms with van der Waals surface area (Å²) in [6.07, 6.45) is 0. The largest absolute Gasteiger partial charge is 0.507 e. The molecule has 174 valence electrons. The normalized spacial score (nSPS) is 12.5. The minimum Gasteiger partial charge on any atom is -0.507 e. The molecule has 0 amide bonds. The Morgan fingerprint density at radius 1 is 1.00 bits per heavy atom. The summed E-state index contributed by atoms with van der Waals surface area (Å²) >= 11 is 5.64. The van der Waals surface area contributed by atoms with E-state index >= 15 is 0 Å². The smallest absolute Gasteiger partial charge is 0.339 e. The highest BCUT2D eigenvalue weighted by molar-refractivity contribution is 7.86. The van der Waals surface area contributed by atoms with Gasteiger partial charge in [-0.25, -0.2) is 0 Å². The number of aromatic hydroxyl groups is 2. The summed E-state index contributed by atoms with van der Waals surface area (Å²) in [5, 5.41) is 37.3. The zero-order valence-corrected chi connectivity index (χ0v) is 18.1. The van der Waals surface area contributed by atoms with Gasteiger partial charge in [0.05, 0.1) is 20.5 Å². The Bertz CT molecular complexity index is 1590. The highest BCUT2D eigenvalue weighted by atomic mass is 35.5. The minimum atomic E-state index is -5.09. The lowest BCUT2D eigenvalue weighted by molar-refractivity contribution is -0.385. The SMILES string of the molecule is Nc1c(N=Nc2ccc(Cl)c(O)c2[N+](=O)[O-])c(S(=O)(=O)O)cc2cc(S(=O)(=O)O)cc(O)c12. The third-order valence-electron chi connectivity index (χ3n) is 4.26. The van der Waals surface area contributed by atoms with E-state index in [2.05, 4.69) is 10.2 Å². The number of rotatable bonds is 5. The molecule has 0 radical (unpaired) electrons. The van der Waals surface area contributed by atoms with Crippen molar-refractivity contribution in [2.45, 2.75) is 9.79 Å². The molecule has 0 saturated carbocycles. The van der Waals surface area contributed by atoms with Gasteiger partial charge in [-0.1, -0.05) is 11.6 Å². The number of nitro groups is 1. The second-order valence-electron chi connectivity index (χ2n) is 6.35. The molecule has 17 heteroatoms. The molecule has 0 unspecified atom stereocenters. The maximum absolute atomic E-state index is 11.9. The van der Waals surface area contributed by atoms with Gasteiger partial charge in [0.25, 0.3) is 20.2 Å². The minimum absolute atomic E-state index is 0.318. The van der Waals surface area contributed by atoms with E-state index in [1.807, 2.05) is 0 Å². The van der Waals surface area contributed by atoms with Crippen LogP contribution in [0.1, 0.15) is 0 Å². The van der Waals surface area contributed by atoms with E-state index in [0.29, 0.717) is 12.1 Å². The molecule has 0 aliphatic heterocycles. The van der Waals surface area contributed by atoms with Crippen LogP contribution < -0.4 is 5.73 Å². The van der Waals surface area contributed by atoms with Gasteiger partial charge in [-0.3, -0.25) is 19.2 Å². The second-order valence-corrected chi connectivity index (χ2v) is 9.57. The molecule has 33 heavy (non-hydrogen) atoms.